The van der Waals surface area contributed by atoms with E-state index in [9.17, 15) is 4.79 Å². The van der Waals surface area contributed by atoms with Crippen molar-refractivity contribution < 1.29 is 4.79 Å². The highest BCUT2D eigenvalue weighted by Gasteiger charge is 2.00. The van der Waals surface area contributed by atoms with Gasteiger partial charge in [-0.25, -0.2) is 0 Å². The van der Waals surface area contributed by atoms with Crippen molar-refractivity contribution in [1.82, 2.24) is 5.32 Å². The van der Waals surface area contributed by atoms with E-state index in [2.05, 4.69) is 53.0 Å². The fraction of sp³-hybridized carbons (Fsp3) is 0.417. The molecule has 0 aliphatic heterocycles. The van der Waals surface area contributed by atoms with Crippen LogP contribution in [-0.4, -0.2) is 16.9 Å². The average molecular weight is 317 g/mol. The molecule has 0 aliphatic rings. The highest BCUT2D eigenvalue weighted by Crippen LogP contribution is 2.06. The third-order valence-electron chi connectivity index (χ3n) is 2.14. The second kappa shape index (κ2) is 6.82. The molecule has 0 fully saturated rings. The number of nitrogens with one attached hydrogen (secondary N) is 1. The Bertz CT molecular complexity index is 325. The normalized spacial score (nSPS) is 10.0. The van der Waals surface area contributed by atoms with Crippen LogP contribution in [0.3, 0.4) is 0 Å². The zero-order valence-corrected chi connectivity index (χ0v) is 11.1. The van der Waals surface area contributed by atoms with Gasteiger partial charge in [0.05, 0.1) is 0 Å². The molecule has 1 amide bonds. The van der Waals surface area contributed by atoms with Gasteiger partial charge in [0.15, 0.2) is 0 Å². The first kappa shape index (κ1) is 12.5. The lowest BCUT2D eigenvalue weighted by Gasteiger charge is -2.03. The van der Waals surface area contributed by atoms with E-state index in [1.54, 1.807) is 0 Å². The Morgan fingerprint density at radius 3 is 2.93 bits per heavy atom. The molecule has 0 bridgehead atoms. The standard InChI is InChI=1S/C12H16INO/c1-10-3-2-4-11(9-10)5-6-12(15)14-8-7-13/h2-4,9H,5-8H2,1H3,(H,14,15). The van der Waals surface area contributed by atoms with E-state index in [1.165, 1.54) is 11.1 Å². The van der Waals surface area contributed by atoms with Gasteiger partial charge in [-0.1, -0.05) is 52.4 Å². The first-order chi connectivity index (χ1) is 7.22. The van der Waals surface area contributed by atoms with E-state index < -0.39 is 0 Å². The minimum absolute atomic E-state index is 0.146. The van der Waals surface area contributed by atoms with Gasteiger partial charge >= 0.3 is 0 Å². The molecule has 0 atom stereocenters. The molecule has 0 saturated carbocycles. The number of aryl methyl sites for hydroxylation is 2. The van der Waals surface area contributed by atoms with Crippen LogP contribution in [0.1, 0.15) is 17.5 Å². The Hall–Kier alpha value is -0.580. The van der Waals surface area contributed by atoms with Crippen molar-refractivity contribution in [2.45, 2.75) is 19.8 Å². The highest BCUT2D eigenvalue weighted by atomic mass is 127. The van der Waals surface area contributed by atoms with E-state index in [0.717, 1.165) is 17.4 Å². The van der Waals surface area contributed by atoms with Crippen molar-refractivity contribution in [1.29, 1.82) is 0 Å². The third-order valence-corrected chi connectivity index (χ3v) is 2.68. The fourth-order valence-corrected chi connectivity index (χ4v) is 1.67. The summed E-state index contributed by atoms with van der Waals surface area (Å²) in [7, 11) is 0. The van der Waals surface area contributed by atoms with Gasteiger partial charge in [-0.3, -0.25) is 4.79 Å². The van der Waals surface area contributed by atoms with Crippen LogP contribution in [0.15, 0.2) is 24.3 Å². The second-order valence-corrected chi connectivity index (χ2v) is 4.61. The lowest BCUT2D eigenvalue weighted by Crippen LogP contribution is -2.25. The molecule has 3 heteroatoms. The molecule has 1 rings (SSSR count). The molecule has 0 unspecified atom stereocenters. The predicted molar refractivity (Wildman–Crippen MR) is 71.4 cm³/mol. The van der Waals surface area contributed by atoms with Crippen LogP contribution in [0.25, 0.3) is 0 Å². The molecular formula is C12H16INO. The van der Waals surface area contributed by atoms with Crippen LogP contribution in [0.5, 0.6) is 0 Å². The van der Waals surface area contributed by atoms with Crippen molar-refractivity contribution in [2.24, 2.45) is 0 Å². The predicted octanol–water partition coefficient (Wildman–Crippen LogP) is 2.48. The van der Waals surface area contributed by atoms with Gasteiger partial charge in [-0.05, 0) is 18.9 Å². The Kier molecular flexibility index (Phi) is 5.68. The quantitative estimate of drug-likeness (QED) is 0.656. The van der Waals surface area contributed by atoms with Gasteiger partial charge in [0.2, 0.25) is 5.91 Å². The van der Waals surface area contributed by atoms with Crippen molar-refractivity contribution in [3.63, 3.8) is 0 Å². The zero-order valence-electron chi connectivity index (χ0n) is 8.92. The van der Waals surface area contributed by atoms with E-state index in [4.69, 9.17) is 0 Å². The molecule has 2 nitrogen and oxygen atoms in total. The molecule has 82 valence electrons. The van der Waals surface area contributed by atoms with Crippen LogP contribution < -0.4 is 5.32 Å². The van der Waals surface area contributed by atoms with Gasteiger partial charge in [0, 0.05) is 17.4 Å². The molecule has 0 aliphatic carbocycles. The molecule has 1 aromatic carbocycles. The highest BCUT2D eigenvalue weighted by molar-refractivity contribution is 14.1. The summed E-state index contributed by atoms with van der Waals surface area (Å²) in [5.41, 5.74) is 2.49. The third kappa shape index (κ3) is 5.16. The fourth-order valence-electron chi connectivity index (χ4n) is 1.40. The number of alkyl halides is 1. The maximum absolute atomic E-state index is 11.3. The number of carbonyl (C=O) groups excluding carboxylic acids is 1. The Morgan fingerprint density at radius 2 is 2.27 bits per heavy atom. The van der Waals surface area contributed by atoms with Gasteiger partial charge in [0.25, 0.3) is 0 Å². The number of rotatable bonds is 5. The SMILES string of the molecule is Cc1cccc(CCC(=O)NCCI)c1. The topological polar surface area (TPSA) is 29.1 Å². The second-order valence-electron chi connectivity index (χ2n) is 3.53. The van der Waals surface area contributed by atoms with Crippen molar-refractivity contribution >= 4 is 28.5 Å². The van der Waals surface area contributed by atoms with Gasteiger partial charge in [0.1, 0.15) is 0 Å². The van der Waals surface area contributed by atoms with Gasteiger partial charge in [-0.2, -0.15) is 0 Å². The molecule has 0 saturated heterocycles. The summed E-state index contributed by atoms with van der Waals surface area (Å²) >= 11 is 2.25. The first-order valence-electron chi connectivity index (χ1n) is 5.10. The first-order valence-corrected chi connectivity index (χ1v) is 6.63. The van der Waals surface area contributed by atoms with Gasteiger partial charge in [-0.15, -0.1) is 0 Å². The van der Waals surface area contributed by atoms with Crippen molar-refractivity contribution in [3.05, 3.63) is 35.4 Å². The Morgan fingerprint density at radius 1 is 1.47 bits per heavy atom. The molecule has 0 radical (unpaired) electrons. The molecule has 1 N–H and O–H groups in total. The van der Waals surface area contributed by atoms with Crippen LogP contribution in [0.2, 0.25) is 0 Å². The maximum atomic E-state index is 11.3. The molecule has 0 aromatic heterocycles. The summed E-state index contributed by atoms with van der Waals surface area (Å²) in [4.78, 5) is 11.3. The van der Waals surface area contributed by atoms with Crippen LogP contribution in [0.4, 0.5) is 0 Å². The summed E-state index contributed by atoms with van der Waals surface area (Å²) in [5.74, 6) is 0.146. The summed E-state index contributed by atoms with van der Waals surface area (Å²) in [6, 6.07) is 8.30. The summed E-state index contributed by atoms with van der Waals surface area (Å²) < 4.78 is 0.966. The number of benzene rings is 1. The molecule has 15 heavy (non-hydrogen) atoms. The van der Waals surface area contributed by atoms with Crippen LogP contribution in [-0.2, 0) is 11.2 Å². The summed E-state index contributed by atoms with van der Waals surface area (Å²) in [5, 5.41) is 2.87. The number of hydrogen-bond donors (Lipinski definition) is 1. The van der Waals surface area contributed by atoms with E-state index in [-0.39, 0.29) is 5.91 Å². The maximum Gasteiger partial charge on any atom is 0.220 e. The number of halogens is 1. The van der Waals surface area contributed by atoms with Crippen LogP contribution >= 0.6 is 22.6 Å². The lowest BCUT2D eigenvalue weighted by atomic mass is 10.1. The monoisotopic (exact) mass is 317 g/mol. The van der Waals surface area contributed by atoms with E-state index >= 15 is 0 Å². The zero-order chi connectivity index (χ0) is 11.1. The average Bonchev–Trinajstić information content (AvgIpc) is 2.23. The number of hydrogen-bond acceptors (Lipinski definition) is 1. The number of amides is 1. The van der Waals surface area contributed by atoms with Crippen molar-refractivity contribution in [3.8, 4) is 0 Å². The molecule has 1 aromatic rings. The Balaban J connectivity index is 2.33. The van der Waals surface area contributed by atoms with Gasteiger partial charge < -0.3 is 5.32 Å². The minimum atomic E-state index is 0.146. The summed E-state index contributed by atoms with van der Waals surface area (Å²) in [6.07, 6.45) is 1.41. The Labute approximate surface area is 105 Å². The largest absolute Gasteiger partial charge is 0.355 e. The smallest absolute Gasteiger partial charge is 0.220 e. The van der Waals surface area contributed by atoms with E-state index in [1.807, 2.05) is 6.07 Å². The number of carbonyl (C=O) groups is 1. The molecule has 0 heterocycles. The van der Waals surface area contributed by atoms with Crippen molar-refractivity contribution in [2.75, 3.05) is 11.0 Å². The lowest BCUT2D eigenvalue weighted by molar-refractivity contribution is -0.120. The van der Waals surface area contributed by atoms with Crippen LogP contribution in [0, 0.1) is 6.92 Å². The molecular weight excluding hydrogens is 301 g/mol. The minimum Gasteiger partial charge on any atom is -0.355 e. The molecule has 0 spiro atoms. The van der Waals surface area contributed by atoms with E-state index in [0.29, 0.717) is 6.42 Å². The summed E-state index contributed by atoms with van der Waals surface area (Å²) in [6.45, 7) is 2.84.